The molecule has 0 unspecified atom stereocenters. The van der Waals surface area contributed by atoms with Crippen LogP contribution in [0.4, 0.5) is 8.78 Å². The molecule has 3 rings (SSSR count). The lowest BCUT2D eigenvalue weighted by molar-refractivity contribution is 0.0942. The molecular formula is C16H10ClF2N3O2. The highest BCUT2D eigenvalue weighted by Gasteiger charge is 2.17. The van der Waals surface area contributed by atoms with Gasteiger partial charge in [-0.05, 0) is 36.4 Å². The SMILES string of the molecule is O=C(NCc1nc(-c2ccc(F)cc2)no1)c1c(F)cccc1Cl. The van der Waals surface area contributed by atoms with Gasteiger partial charge in [-0.3, -0.25) is 4.79 Å². The number of hydrogen-bond donors (Lipinski definition) is 1. The lowest BCUT2D eigenvalue weighted by atomic mass is 10.2. The molecule has 1 aromatic heterocycles. The zero-order chi connectivity index (χ0) is 17.1. The first-order valence-electron chi connectivity index (χ1n) is 6.85. The third-order valence-electron chi connectivity index (χ3n) is 3.16. The summed E-state index contributed by atoms with van der Waals surface area (Å²) in [6, 6.07) is 9.50. The summed E-state index contributed by atoms with van der Waals surface area (Å²) in [5.74, 6) is -1.42. The van der Waals surface area contributed by atoms with E-state index in [9.17, 15) is 13.6 Å². The van der Waals surface area contributed by atoms with Crippen molar-refractivity contribution < 1.29 is 18.1 Å². The third kappa shape index (κ3) is 3.41. The van der Waals surface area contributed by atoms with Crippen molar-refractivity contribution in [3.05, 3.63) is 70.6 Å². The molecule has 0 radical (unpaired) electrons. The Morgan fingerprint density at radius 3 is 2.62 bits per heavy atom. The summed E-state index contributed by atoms with van der Waals surface area (Å²) in [7, 11) is 0. The summed E-state index contributed by atoms with van der Waals surface area (Å²) in [5.41, 5.74) is 0.312. The van der Waals surface area contributed by atoms with Gasteiger partial charge in [0, 0.05) is 5.56 Å². The van der Waals surface area contributed by atoms with Gasteiger partial charge in [0.1, 0.15) is 11.6 Å². The predicted molar refractivity (Wildman–Crippen MR) is 82.3 cm³/mol. The van der Waals surface area contributed by atoms with Gasteiger partial charge in [-0.15, -0.1) is 0 Å². The van der Waals surface area contributed by atoms with Gasteiger partial charge < -0.3 is 9.84 Å². The summed E-state index contributed by atoms with van der Waals surface area (Å²) >= 11 is 5.82. The maximum atomic E-state index is 13.7. The van der Waals surface area contributed by atoms with Crippen molar-refractivity contribution >= 4 is 17.5 Å². The summed E-state index contributed by atoms with van der Waals surface area (Å²) in [6.45, 7) is -0.0995. The normalized spacial score (nSPS) is 10.6. The van der Waals surface area contributed by atoms with Crippen molar-refractivity contribution in [1.29, 1.82) is 0 Å². The maximum absolute atomic E-state index is 13.7. The highest BCUT2D eigenvalue weighted by atomic mass is 35.5. The molecule has 122 valence electrons. The fraction of sp³-hybridized carbons (Fsp3) is 0.0625. The number of amides is 1. The molecule has 1 N–H and O–H groups in total. The molecule has 0 saturated heterocycles. The topological polar surface area (TPSA) is 68.0 Å². The molecule has 5 nitrogen and oxygen atoms in total. The van der Waals surface area contributed by atoms with Crippen LogP contribution in [0.3, 0.4) is 0 Å². The minimum absolute atomic E-state index is 0.00466. The fourth-order valence-electron chi connectivity index (χ4n) is 2.00. The van der Waals surface area contributed by atoms with E-state index in [1.807, 2.05) is 0 Å². The molecule has 24 heavy (non-hydrogen) atoms. The average molecular weight is 350 g/mol. The van der Waals surface area contributed by atoms with Crippen LogP contribution in [-0.4, -0.2) is 16.0 Å². The Balaban J connectivity index is 1.69. The van der Waals surface area contributed by atoms with Gasteiger partial charge >= 0.3 is 0 Å². The van der Waals surface area contributed by atoms with Gasteiger partial charge in [0.15, 0.2) is 0 Å². The molecule has 0 fully saturated rings. The van der Waals surface area contributed by atoms with Gasteiger partial charge in [-0.2, -0.15) is 4.98 Å². The second-order valence-corrected chi connectivity index (χ2v) is 5.21. The molecule has 0 saturated carbocycles. The van der Waals surface area contributed by atoms with Crippen LogP contribution in [0.2, 0.25) is 5.02 Å². The van der Waals surface area contributed by atoms with Crippen LogP contribution >= 0.6 is 11.6 Å². The van der Waals surface area contributed by atoms with Crippen LogP contribution in [-0.2, 0) is 6.54 Å². The number of nitrogens with one attached hydrogen (secondary N) is 1. The zero-order valence-electron chi connectivity index (χ0n) is 12.1. The van der Waals surface area contributed by atoms with Crippen LogP contribution in [0.25, 0.3) is 11.4 Å². The molecule has 0 bridgehead atoms. The molecule has 3 aromatic rings. The highest BCUT2D eigenvalue weighted by molar-refractivity contribution is 6.33. The minimum Gasteiger partial charge on any atom is -0.343 e. The van der Waals surface area contributed by atoms with E-state index in [0.29, 0.717) is 5.56 Å². The number of halogens is 3. The van der Waals surface area contributed by atoms with Crippen molar-refractivity contribution in [2.45, 2.75) is 6.54 Å². The largest absolute Gasteiger partial charge is 0.343 e. The molecule has 0 aliphatic carbocycles. The number of aromatic nitrogens is 2. The standard InChI is InChI=1S/C16H10ClF2N3O2/c17-11-2-1-3-12(19)14(11)16(23)20-8-13-21-15(22-24-13)9-4-6-10(18)7-5-9/h1-7H,8H2,(H,20,23). The smallest absolute Gasteiger partial charge is 0.256 e. The van der Waals surface area contributed by atoms with E-state index in [1.54, 1.807) is 0 Å². The van der Waals surface area contributed by atoms with Crippen molar-refractivity contribution in [3.8, 4) is 11.4 Å². The second kappa shape index (κ2) is 6.76. The van der Waals surface area contributed by atoms with Crippen LogP contribution < -0.4 is 5.32 Å². The highest BCUT2D eigenvalue weighted by Crippen LogP contribution is 2.19. The van der Waals surface area contributed by atoms with E-state index in [-0.39, 0.29) is 34.7 Å². The zero-order valence-corrected chi connectivity index (χ0v) is 12.8. The Morgan fingerprint density at radius 1 is 1.17 bits per heavy atom. The van der Waals surface area contributed by atoms with Gasteiger partial charge in [0.25, 0.3) is 5.91 Å². The summed E-state index contributed by atoms with van der Waals surface area (Å²) in [6.07, 6.45) is 0. The van der Waals surface area contributed by atoms with Crippen molar-refractivity contribution in [2.24, 2.45) is 0 Å². The molecular weight excluding hydrogens is 340 g/mol. The van der Waals surface area contributed by atoms with E-state index in [2.05, 4.69) is 15.5 Å². The van der Waals surface area contributed by atoms with Gasteiger partial charge in [0.05, 0.1) is 17.1 Å². The van der Waals surface area contributed by atoms with E-state index in [0.717, 1.165) is 6.07 Å². The maximum Gasteiger partial charge on any atom is 0.256 e. The first-order valence-corrected chi connectivity index (χ1v) is 7.23. The fourth-order valence-corrected chi connectivity index (χ4v) is 2.25. The lowest BCUT2D eigenvalue weighted by Gasteiger charge is -2.05. The molecule has 0 atom stereocenters. The Morgan fingerprint density at radius 2 is 1.92 bits per heavy atom. The summed E-state index contributed by atoms with van der Waals surface area (Å²) in [4.78, 5) is 16.1. The van der Waals surface area contributed by atoms with Gasteiger partial charge in [-0.25, -0.2) is 8.78 Å². The molecule has 2 aromatic carbocycles. The Labute approximate surface area is 140 Å². The summed E-state index contributed by atoms with van der Waals surface area (Å²) < 4.78 is 31.5. The Kier molecular flexibility index (Phi) is 4.52. The van der Waals surface area contributed by atoms with Crippen LogP contribution in [0.5, 0.6) is 0 Å². The number of rotatable bonds is 4. The summed E-state index contributed by atoms with van der Waals surface area (Å²) in [5, 5.41) is 6.20. The quantitative estimate of drug-likeness (QED) is 0.781. The second-order valence-electron chi connectivity index (χ2n) is 4.80. The molecule has 8 heteroatoms. The molecule has 1 heterocycles. The van der Waals surface area contributed by atoms with Crippen molar-refractivity contribution in [3.63, 3.8) is 0 Å². The number of carbonyl (C=O) groups excluding carboxylic acids is 1. The van der Waals surface area contributed by atoms with Crippen molar-refractivity contribution in [2.75, 3.05) is 0 Å². The van der Waals surface area contributed by atoms with Crippen LogP contribution in [0, 0.1) is 11.6 Å². The van der Waals surface area contributed by atoms with E-state index >= 15 is 0 Å². The van der Waals surface area contributed by atoms with E-state index in [4.69, 9.17) is 16.1 Å². The molecule has 1 amide bonds. The average Bonchev–Trinajstić information content (AvgIpc) is 3.02. The third-order valence-corrected chi connectivity index (χ3v) is 3.48. The van der Waals surface area contributed by atoms with Crippen LogP contribution in [0.1, 0.15) is 16.2 Å². The molecule has 0 aliphatic rings. The van der Waals surface area contributed by atoms with Gasteiger partial charge in [-0.1, -0.05) is 22.8 Å². The predicted octanol–water partition coefficient (Wildman–Crippen LogP) is 3.60. The number of nitrogens with zero attached hydrogens (tertiary/aromatic N) is 2. The van der Waals surface area contributed by atoms with Crippen LogP contribution in [0.15, 0.2) is 47.0 Å². The first kappa shape index (κ1) is 16.1. The minimum atomic E-state index is -0.725. The monoisotopic (exact) mass is 349 g/mol. The Hall–Kier alpha value is -2.80. The number of hydrogen-bond acceptors (Lipinski definition) is 4. The van der Waals surface area contributed by atoms with Gasteiger partial charge in [0.2, 0.25) is 11.7 Å². The first-order chi connectivity index (χ1) is 11.5. The lowest BCUT2D eigenvalue weighted by Crippen LogP contribution is -2.24. The Bertz CT molecular complexity index is 861. The molecule has 0 aliphatic heterocycles. The van der Waals surface area contributed by atoms with E-state index in [1.165, 1.54) is 36.4 Å². The van der Waals surface area contributed by atoms with E-state index < -0.39 is 11.7 Å². The number of benzene rings is 2. The molecule has 0 spiro atoms. The van der Waals surface area contributed by atoms with Crippen molar-refractivity contribution in [1.82, 2.24) is 15.5 Å². The number of carbonyl (C=O) groups is 1.